The highest BCUT2D eigenvalue weighted by atomic mass is 16.5. The summed E-state index contributed by atoms with van der Waals surface area (Å²) < 4.78 is 11.2. The van der Waals surface area contributed by atoms with Crippen LogP contribution in [0.4, 0.5) is 0 Å². The molecule has 1 fully saturated rings. The van der Waals surface area contributed by atoms with Crippen LogP contribution in [0.3, 0.4) is 0 Å². The maximum absolute atomic E-state index is 12.7. The molecule has 25 heavy (non-hydrogen) atoms. The van der Waals surface area contributed by atoms with Gasteiger partial charge in [0.1, 0.15) is 0 Å². The molecule has 0 aromatic heterocycles. The fourth-order valence-electron chi connectivity index (χ4n) is 2.84. The molecule has 0 aliphatic carbocycles. The van der Waals surface area contributed by atoms with Crippen molar-refractivity contribution in [3.63, 3.8) is 0 Å². The first-order chi connectivity index (χ1) is 11.9. The van der Waals surface area contributed by atoms with Crippen LogP contribution in [0, 0.1) is 5.41 Å². The van der Waals surface area contributed by atoms with Crippen LogP contribution in [0.5, 0.6) is 11.5 Å². The van der Waals surface area contributed by atoms with Gasteiger partial charge in [-0.1, -0.05) is 6.07 Å². The van der Waals surface area contributed by atoms with Gasteiger partial charge in [-0.3, -0.25) is 9.59 Å². The largest absolute Gasteiger partial charge is 0.490 e. The summed E-state index contributed by atoms with van der Waals surface area (Å²) in [5.74, 6) is 1.34. The number of nitrogens with one attached hydrogen (secondary N) is 2. The van der Waals surface area contributed by atoms with E-state index in [-0.39, 0.29) is 17.9 Å². The molecule has 0 unspecified atom stereocenters. The van der Waals surface area contributed by atoms with Crippen LogP contribution in [-0.2, 0) is 9.59 Å². The third-order valence-electron chi connectivity index (χ3n) is 4.54. The molecular weight excluding hydrogens is 320 g/mol. The Balaban J connectivity index is 2.09. The highest BCUT2D eigenvalue weighted by Crippen LogP contribution is 2.32. The Kier molecular flexibility index (Phi) is 6.28. The Morgan fingerprint density at radius 3 is 2.56 bits per heavy atom. The molecule has 1 aliphatic rings. The van der Waals surface area contributed by atoms with Gasteiger partial charge >= 0.3 is 0 Å². The Labute approximate surface area is 149 Å². The first-order valence-corrected chi connectivity index (χ1v) is 8.87. The van der Waals surface area contributed by atoms with E-state index in [1.54, 1.807) is 0 Å². The minimum atomic E-state index is -0.573. The Morgan fingerprint density at radius 2 is 1.96 bits per heavy atom. The van der Waals surface area contributed by atoms with Crippen LogP contribution in [0.2, 0.25) is 0 Å². The summed E-state index contributed by atoms with van der Waals surface area (Å²) in [6.45, 7) is 9.16. The summed E-state index contributed by atoms with van der Waals surface area (Å²) in [5, 5.41) is 5.83. The maximum atomic E-state index is 12.7. The van der Waals surface area contributed by atoms with E-state index in [9.17, 15) is 9.59 Å². The standard InChI is InChI=1S/C19H28N2O4/c1-5-24-15-8-7-14(11-16(15)25-6-2)13(3)21-18(23)19(4)10-9-17(22)20-12-19/h7-8,11,13H,5-6,9-10,12H2,1-4H3,(H,20,22)(H,21,23)/t13-,19+/m1/s1. The van der Waals surface area contributed by atoms with Gasteiger partial charge in [0, 0.05) is 13.0 Å². The second kappa shape index (κ2) is 8.23. The molecule has 0 spiro atoms. The van der Waals surface area contributed by atoms with Crippen molar-refractivity contribution in [1.82, 2.24) is 10.6 Å². The van der Waals surface area contributed by atoms with Crippen molar-refractivity contribution in [3.8, 4) is 11.5 Å². The summed E-state index contributed by atoms with van der Waals surface area (Å²) in [4.78, 5) is 24.0. The van der Waals surface area contributed by atoms with Crippen molar-refractivity contribution < 1.29 is 19.1 Å². The van der Waals surface area contributed by atoms with Crippen molar-refractivity contribution >= 4 is 11.8 Å². The molecule has 6 heteroatoms. The lowest BCUT2D eigenvalue weighted by Crippen LogP contribution is -2.50. The highest BCUT2D eigenvalue weighted by Gasteiger charge is 2.37. The number of hydrogen-bond acceptors (Lipinski definition) is 4. The van der Waals surface area contributed by atoms with Crippen LogP contribution >= 0.6 is 0 Å². The summed E-state index contributed by atoms with van der Waals surface area (Å²) in [5.41, 5.74) is 0.375. The monoisotopic (exact) mass is 348 g/mol. The lowest BCUT2D eigenvalue weighted by molar-refractivity contribution is -0.135. The number of carbonyl (C=O) groups excluding carboxylic acids is 2. The molecule has 6 nitrogen and oxygen atoms in total. The number of amides is 2. The molecule has 2 amide bonds. The van der Waals surface area contributed by atoms with E-state index in [0.717, 1.165) is 5.56 Å². The van der Waals surface area contributed by atoms with Crippen LogP contribution in [0.1, 0.15) is 52.1 Å². The molecule has 138 valence electrons. The first kappa shape index (κ1) is 19.1. The second-order valence-corrected chi connectivity index (χ2v) is 6.60. The summed E-state index contributed by atoms with van der Waals surface area (Å²) in [6.07, 6.45) is 0.945. The highest BCUT2D eigenvalue weighted by molar-refractivity contribution is 5.86. The van der Waals surface area contributed by atoms with Gasteiger partial charge in [0.25, 0.3) is 0 Å². The van der Waals surface area contributed by atoms with Crippen molar-refractivity contribution in [1.29, 1.82) is 0 Å². The van der Waals surface area contributed by atoms with Gasteiger partial charge in [0.05, 0.1) is 24.7 Å². The van der Waals surface area contributed by atoms with Gasteiger partial charge in [-0.2, -0.15) is 0 Å². The molecule has 2 atom stereocenters. The molecule has 1 heterocycles. The van der Waals surface area contributed by atoms with Gasteiger partial charge in [-0.05, 0) is 51.8 Å². The smallest absolute Gasteiger partial charge is 0.228 e. The minimum Gasteiger partial charge on any atom is -0.490 e. The molecule has 0 bridgehead atoms. The molecule has 0 radical (unpaired) electrons. The number of hydrogen-bond donors (Lipinski definition) is 2. The van der Waals surface area contributed by atoms with E-state index in [1.807, 2.05) is 45.9 Å². The average Bonchev–Trinajstić information content (AvgIpc) is 2.59. The second-order valence-electron chi connectivity index (χ2n) is 6.60. The van der Waals surface area contributed by atoms with Crippen molar-refractivity contribution in [3.05, 3.63) is 23.8 Å². The van der Waals surface area contributed by atoms with Crippen LogP contribution < -0.4 is 20.1 Å². The van der Waals surface area contributed by atoms with Gasteiger partial charge in [-0.25, -0.2) is 0 Å². The van der Waals surface area contributed by atoms with Gasteiger partial charge in [-0.15, -0.1) is 0 Å². The third kappa shape index (κ3) is 4.65. The van der Waals surface area contributed by atoms with Crippen molar-refractivity contribution in [2.75, 3.05) is 19.8 Å². The fourth-order valence-corrected chi connectivity index (χ4v) is 2.84. The van der Waals surface area contributed by atoms with Crippen molar-refractivity contribution in [2.24, 2.45) is 5.41 Å². The van der Waals surface area contributed by atoms with Crippen LogP contribution in [0.25, 0.3) is 0 Å². The quantitative estimate of drug-likeness (QED) is 0.794. The topological polar surface area (TPSA) is 76.7 Å². The molecule has 2 N–H and O–H groups in total. The van der Waals surface area contributed by atoms with E-state index in [4.69, 9.17) is 9.47 Å². The minimum absolute atomic E-state index is 0.00573. The van der Waals surface area contributed by atoms with Crippen molar-refractivity contribution in [2.45, 2.75) is 46.6 Å². The summed E-state index contributed by atoms with van der Waals surface area (Å²) in [6, 6.07) is 5.54. The molecule has 2 rings (SSSR count). The predicted molar refractivity (Wildman–Crippen MR) is 95.7 cm³/mol. The van der Waals surface area contributed by atoms with E-state index < -0.39 is 5.41 Å². The Hall–Kier alpha value is -2.24. The van der Waals surface area contributed by atoms with Gasteiger partial charge in [0.15, 0.2) is 11.5 Å². The zero-order valence-corrected chi connectivity index (χ0v) is 15.5. The normalized spacial score (nSPS) is 21.2. The SMILES string of the molecule is CCOc1ccc([C@@H](C)NC(=O)[C@@]2(C)CCC(=O)NC2)cc1OCC. The van der Waals surface area contributed by atoms with E-state index >= 15 is 0 Å². The molecular formula is C19H28N2O4. The molecule has 1 saturated heterocycles. The summed E-state index contributed by atoms with van der Waals surface area (Å²) >= 11 is 0. The van der Waals surface area contributed by atoms with Gasteiger partial charge in [0.2, 0.25) is 11.8 Å². The maximum Gasteiger partial charge on any atom is 0.228 e. The third-order valence-corrected chi connectivity index (χ3v) is 4.54. The van der Waals surface area contributed by atoms with E-state index in [0.29, 0.717) is 44.1 Å². The fraction of sp³-hybridized carbons (Fsp3) is 0.579. The molecule has 1 aromatic rings. The lowest BCUT2D eigenvalue weighted by Gasteiger charge is -2.33. The first-order valence-electron chi connectivity index (χ1n) is 8.87. The number of rotatable bonds is 7. The number of carbonyl (C=O) groups is 2. The Bertz CT molecular complexity index is 620. The van der Waals surface area contributed by atoms with E-state index in [1.165, 1.54) is 0 Å². The lowest BCUT2D eigenvalue weighted by atomic mass is 9.81. The predicted octanol–water partition coefficient (Wildman–Crippen LogP) is 2.58. The van der Waals surface area contributed by atoms with Gasteiger partial charge < -0.3 is 20.1 Å². The zero-order chi connectivity index (χ0) is 18.4. The molecule has 0 saturated carbocycles. The number of piperidine rings is 1. The molecule has 1 aromatic carbocycles. The average molecular weight is 348 g/mol. The number of ether oxygens (including phenoxy) is 2. The zero-order valence-electron chi connectivity index (χ0n) is 15.5. The van der Waals surface area contributed by atoms with Crippen LogP contribution in [-0.4, -0.2) is 31.6 Å². The summed E-state index contributed by atoms with van der Waals surface area (Å²) in [7, 11) is 0. The van der Waals surface area contributed by atoms with E-state index in [2.05, 4.69) is 10.6 Å². The molecule has 1 aliphatic heterocycles. The van der Waals surface area contributed by atoms with Crippen LogP contribution in [0.15, 0.2) is 18.2 Å². The number of benzene rings is 1. The Morgan fingerprint density at radius 1 is 1.28 bits per heavy atom.